The van der Waals surface area contributed by atoms with E-state index in [9.17, 15) is 14.7 Å². The molecule has 6 nitrogen and oxygen atoms in total. The molecule has 0 unspecified atom stereocenters. The summed E-state index contributed by atoms with van der Waals surface area (Å²) in [5, 5.41) is 21.7. The van der Waals surface area contributed by atoms with E-state index < -0.39 is 24.6 Å². The van der Waals surface area contributed by atoms with E-state index in [4.69, 9.17) is 9.84 Å². The van der Waals surface area contributed by atoms with Crippen LogP contribution in [0, 0.1) is 0 Å². The molecule has 0 fully saturated rings. The second-order valence-corrected chi connectivity index (χ2v) is 7.11. The first-order chi connectivity index (χ1) is 14.0. The predicted octanol–water partition coefficient (Wildman–Crippen LogP) is 2.15. The van der Waals surface area contributed by atoms with Crippen molar-refractivity contribution in [1.29, 1.82) is 0 Å². The Morgan fingerprint density at radius 2 is 1.76 bits per heavy atom. The molecule has 0 saturated carbocycles. The lowest BCUT2D eigenvalue weighted by atomic mass is 9.80. The van der Waals surface area contributed by atoms with Gasteiger partial charge in [0.2, 0.25) is 0 Å². The summed E-state index contributed by atoms with van der Waals surface area (Å²) in [4.78, 5) is 26.2. The summed E-state index contributed by atoms with van der Waals surface area (Å²) >= 11 is 0. The van der Waals surface area contributed by atoms with E-state index in [0.29, 0.717) is 28.1 Å². The average Bonchev–Trinajstić information content (AvgIpc) is 3.03. The van der Waals surface area contributed by atoms with Gasteiger partial charge in [-0.15, -0.1) is 0 Å². The van der Waals surface area contributed by atoms with Crippen LogP contribution in [0.2, 0.25) is 0 Å². The van der Waals surface area contributed by atoms with E-state index in [1.165, 1.54) is 0 Å². The molecule has 0 amide bonds. The molecule has 2 aromatic carbocycles. The molecule has 2 atom stereocenters. The lowest BCUT2D eigenvalue weighted by Crippen LogP contribution is -2.31. The molecular formula is C23H21NO5. The number of aliphatic hydroxyl groups is 2. The minimum Gasteiger partial charge on any atom is -0.459 e. The van der Waals surface area contributed by atoms with Crippen LogP contribution < -0.4 is 5.32 Å². The fourth-order valence-electron chi connectivity index (χ4n) is 3.88. The van der Waals surface area contributed by atoms with E-state index in [1.807, 2.05) is 48.5 Å². The molecule has 29 heavy (non-hydrogen) atoms. The highest BCUT2D eigenvalue weighted by Crippen LogP contribution is 2.46. The van der Waals surface area contributed by atoms with Crippen LogP contribution in [0.4, 0.5) is 0 Å². The average molecular weight is 391 g/mol. The van der Waals surface area contributed by atoms with Crippen molar-refractivity contribution in [3.05, 3.63) is 88.1 Å². The number of rotatable bonds is 5. The molecule has 1 aliphatic carbocycles. The van der Waals surface area contributed by atoms with Crippen molar-refractivity contribution in [1.82, 2.24) is 5.32 Å². The van der Waals surface area contributed by atoms with Gasteiger partial charge in [-0.25, -0.2) is 4.79 Å². The Labute approximate surface area is 168 Å². The fraction of sp³-hybridized carbons (Fsp3) is 0.217. The summed E-state index contributed by atoms with van der Waals surface area (Å²) in [6.45, 7) is 0.937. The van der Waals surface area contributed by atoms with Crippen molar-refractivity contribution < 1.29 is 24.5 Å². The van der Waals surface area contributed by atoms with Gasteiger partial charge in [0.15, 0.2) is 5.78 Å². The lowest BCUT2D eigenvalue weighted by Gasteiger charge is -2.29. The summed E-state index contributed by atoms with van der Waals surface area (Å²) in [6.07, 6.45) is -1.15. The van der Waals surface area contributed by atoms with Gasteiger partial charge in [-0.2, -0.15) is 0 Å². The van der Waals surface area contributed by atoms with Crippen molar-refractivity contribution >= 4 is 17.4 Å². The fourth-order valence-corrected chi connectivity index (χ4v) is 3.88. The number of carbonyl (C=O) groups is 2. The van der Waals surface area contributed by atoms with Crippen molar-refractivity contribution in [2.45, 2.75) is 18.9 Å². The van der Waals surface area contributed by atoms with E-state index in [1.54, 1.807) is 13.0 Å². The van der Waals surface area contributed by atoms with Gasteiger partial charge in [0.1, 0.15) is 12.7 Å². The van der Waals surface area contributed by atoms with Gasteiger partial charge in [-0.05, 0) is 12.5 Å². The third-order valence-electron chi connectivity index (χ3n) is 5.22. The summed E-state index contributed by atoms with van der Waals surface area (Å²) in [5.41, 5.74) is 4.35. The van der Waals surface area contributed by atoms with E-state index >= 15 is 0 Å². The van der Waals surface area contributed by atoms with E-state index in [0.717, 1.165) is 11.1 Å². The molecule has 148 valence electrons. The molecule has 0 spiro atoms. The van der Waals surface area contributed by atoms with Crippen LogP contribution in [0.1, 0.15) is 34.3 Å². The molecule has 3 N–H and O–H groups in total. The van der Waals surface area contributed by atoms with Crippen LogP contribution >= 0.6 is 0 Å². The third kappa shape index (κ3) is 3.26. The summed E-state index contributed by atoms with van der Waals surface area (Å²) in [5.74, 6) is -1.34. The molecule has 1 aliphatic heterocycles. The Bertz CT molecular complexity index is 1040. The number of hydrogen-bond donors (Lipinski definition) is 3. The normalized spacial score (nSPS) is 18.9. The number of dihydropyridines is 1. The quantitative estimate of drug-likeness (QED) is 0.676. The maximum atomic E-state index is 13.3. The molecular weight excluding hydrogens is 370 g/mol. The molecule has 1 heterocycles. The predicted molar refractivity (Wildman–Crippen MR) is 107 cm³/mol. The number of carbonyl (C=O) groups excluding carboxylic acids is 2. The third-order valence-corrected chi connectivity index (χ3v) is 5.22. The number of ether oxygens (including phenoxy) is 1. The monoisotopic (exact) mass is 391 g/mol. The smallest absolute Gasteiger partial charge is 0.336 e. The van der Waals surface area contributed by atoms with Crippen LogP contribution in [0.25, 0.3) is 5.70 Å². The second-order valence-electron chi connectivity index (χ2n) is 7.11. The minimum absolute atomic E-state index is 0.120. The van der Waals surface area contributed by atoms with Gasteiger partial charge in [-0.1, -0.05) is 54.6 Å². The van der Waals surface area contributed by atoms with Gasteiger partial charge in [0.25, 0.3) is 0 Å². The molecule has 0 bridgehead atoms. The van der Waals surface area contributed by atoms with Gasteiger partial charge in [0.05, 0.1) is 17.9 Å². The van der Waals surface area contributed by atoms with Gasteiger partial charge >= 0.3 is 5.97 Å². The lowest BCUT2D eigenvalue weighted by molar-refractivity contribution is -0.143. The summed E-state index contributed by atoms with van der Waals surface area (Å²) in [7, 11) is 0. The molecule has 2 aromatic rings. The van der Waals surface area contributed by atoms with Crippen molar-refractivity contribution in [2.24, 2.45) is 0 Å². The largest absolute Gasteiger partial charge is 0.459 e. The molecule has 4 rings (SSSR count). The van der Waals surface area contributed by atoms with Crippen LogP contribution in [0.15, 0.2) is 71.4 Å². The number of esters is 1. The van der Waals surface area contributed by atoms with Crippen LogP contribution in [0.5, 0.6) is 0 Å². The van der Waals surface area contributed by atoms with Gasteiger partial charge in [-0.3, -0.25) is 4.79 Å². The Morgan fingerprint density at radius 3 is 2.45 bits per heavy atom. The number of benzene rings is 2. The number of aliphatic hydroxyl groups excluding tert-OH is 2. The maximum absolute atomic E-state index is 13.3. The van der Waals surface area contributed by atoms with Crippen molar-refractivity contribution in [2.75, 3.05) is 13.2 Å². The summed E-state index contributed by atoms with van der Waals surface area (Å²) < 4.78 is 5.24. The molecule has 0 saturated heterocycles. The highest BCUT2D eigenvalue weighted by Gasteiger charge is 2.42. The Hall–Kier alpha value is -3.22. The SMILES string of the molecule is CC1=C(C(=O)OC[C@H](O)CO)[C@@H](c2ccccc2)C2=C(N1)c1ccccc1C2=O. The number of nitrogens with one attached hydrogen (secondary N) is 1. The number of allylic oxidation sites excluding steroid dienone is 2. The Morgan fingerprint density at radius 1 is 1.10 bits per heavy atom. The first-order valence-electron chi connectivity index (χ1n) is 9.40. The Balaban J connectivity index is 1.80. The zero-order chi connectivity index (χ0) is 20.5. The maximum Gasteiger partial charge on any atom is 0.336 e. The number of hydrogen-bond acceptors (Lipinski definition) is 6. The van der Waals surface area contributed by atoms with Gasteiger partial charge < -0.3 is 20.3 Å². The van der Waals surface area contributed by atoms with Gasteiger partial charge in [0, 0.05) is 28.3 Å². The highest BCUT2D eigenvalue weighted by atomic mass is 16.5. The standard InChI is InChI=1S/C23H21NO5/c1-13-18(23(28)29-12-15(26)11-25)19(14-7-3-2-4-8-14)20-21(24-13)16-9-5-6-10-17(16)22(20)27/h2-10,15,19,24-26H,11-12H2,1H3/t15-,19-/m1/s1. The van der Waals surface area contributed by atoms with Crippen LogP contribution in [0.3, 0.4) is 0 Å². The van der Waals surface area contributed by atoms with Crippen molar-refractivity contribution in [3.63, 3.8) is 0 Å². The number of ketones is 1. The second kappa shape index (κ2) is 7.66. The molecule has 0 radical (unpaired) electrons. The van der Waals surface area contributed by atoms with Crippen LogP contribution in [-0.4, -0.2) is 41.3 Å². The molecule has 2 aliphatic rings. The zero-order valence-corrected chi connectivity index (χ0v) is 15.9. The number of Topliss-reactive ketones (excluding diaryl/α,β-unsaturated/α-hetero) is 1. The first kappa shape index (κ1) is 19.1. The zero-order valence-electron chi connectivity index (χ0n) is 15.9. The summed E-state index contributed by atoms with van der Waals surface area (Å²) in [6, 6.07) is 16.7. The van der Waals surface area contributed by atoms with E-state index in [2.05, 4.69) is 5.32 Å². The minimum atomic E-state index is -1.15. The van der Waals surface area contributed by atoms with E-state index in [-0.39, 0.29) is 12.4 Å². The molecule has 6 heteroatoms. The van der Waals surface area contributed by atoms with Crippen molar-refractivity contribution in [3.8, 4) is 0 Å². The first-order valence-corrected chi connectivity index (χ1v) is 9.40. The molecule has 0 aromatic heterocycles. The topological polar surface area (TPSA) is 95.9 Å². The van der Waals surface area contributed by atoms with Crippen LogP contribution in [-0.2, 0) is 9.53 Å². The highest BCUT2D eigenvalue weighted by molar-refractivity contribution is 6.23. The Kier molecular flexibility index (Phi) is 5.05. The number of fused-ring (bicyclic) bond motifs is 2.